The second kappa shape index (κ2) is 9.34. The lowest BCUT2D eigenvalue weighted by molar-refractivity contribution is -0.115. The molecule has 0 fully saturated rings. The molecule has 1 aromatic heterocycles. The fourth-order valence-corrected chi connectivity index (χ4v) is 3.40. The number of benzene rings is 2. The van der Waals surface area contributed by atoms with E-state index < -0.39 is 0 Å². The topological polar surface area (TPSA) is 74.6 Å². The first-order chi connectivity index (χ1) is 15.2. The van der Waals surface area contributed by atoms with Gasteiger partial charge in [0.05, 0.1) is 39.1 Å². The smallest absolute Gasteiger partial charge is 0.229 e. The highest BCUT2D eigenvalue weighted by Crippen LogP contribution is 2.38. The first kappa shape index (κ1) is 23.2. The average Bonchev–Trinajstić information content (AvgIpc) is 3.17. The van der Waals surface area contributed by atoms with Crippen LogP contribution in [0.2, 0.25) is 0 Å². The first-order valence-corrected chi connectivity index (χ1v) is 10.4. The number of aromatic nitrogens is 2. The van der Waals surface area contributed by atoms with E-state index in [9.17, 15) is 4.79 Å². The van der Waals surface area contributed by atoms with Gasteiger partial charge >= 0.3 is 0 Å². The summed E-state index contributed by atoms with van der Waals surface area (Å²) in [6.07, 6.45) is 0.139. The number of amides is 1. The van der Waals surface area contributed by atoms with Crippen molar-refractivity contribution in [1.29, 1.82) is 0 Å². The Morgan fingerprint density at radius 3 is 2.19 bits per heavy atom. The molecular weight excluding hydrogens is 406 g/mol. The Kier molecular flexibility index (Phi) is 6.77. The van der Waals surface area contributed by atoms with Crippen molar-refractivity contribution in [1.82, 2.24) is 9.78 Å². The number of aryl methyl sites for hydroxylation is 1. The summed E-state index contributed by atoms with van der Waals surface area (Å²) in [5, 5.41) is 7.80. The molecule has 0 radical (unpaired) electrons. The minimum absolute atomic E-state index is 0.139. The van der Waals surface area contributed by atoms with Gasteiger partial charge in [-0.15, -0.1) is 0 Å². The highest BCUT2D eigenvalue weighted by molar-refractivity contribution is 5.92. The molecule has 1 amide bonds. The molecule has 3 aromatic rings. The average molecular weight is 438 g/mol. The van der Waals surface area contributed by atoms with Crippen molar-refractivity contribution in [3.8, 4) is 22.9 Å². The first-order valence-electron chi connectivity index (χ1n) is 10.4. The lowest BCUT2D eigenvalue weighted by atomic mass is 9.92. The Bertz CT molecular complexity index is 1090. The van der Waals surface area contributed by atoms with Crippen LogP contribution >= 0.6 is 0 Å². The zero-order valence-corrected chi connectivity index (χ0v) is 19.8. The second-order valence-electron chi connectivity index (χ2n) is 8.67. The van der Waals surface area contributed by atoms with Gasteiger partial charge in [-0.05, 0) is 42.3 Å². The molecule has 32 heavy (non-hydrogen) atoms. The highest BCUT2D eigenvalue weighted by atomic mass is 16.5. The molecule has 0 unspecified atom stereocenters. The van der Waals surface area contributed by atoms with Crippen LogP contribution in [0.3, 0.4) is 0 Å². The molecule has 1 heterocycles. The minimum atomic E-state index is -0.173. The van der Waals surface area contributed by atoms with Crippen LogP contribution in [0.15, 0.2) is 42.5 Å². The summed E-state index contributed by atoms with van der Waals surface area (Å²) in [5.74, 6) is 1.96. The van der Waals surface area contributed by atoms with E-state index in [0.717, 1.165) is 22.5 Å². The lowest BCUT2D eigenvalue weighted by Crippen LogP contribution is -2.17. The SMILES string of the molecule is COc1cc(CC(=O)Nc2cc(C(C)(C)C)nn2-c2cccc(C)c2)cc(OC)c1OC. The van der Waals surface area contributed by atoms with E-state index in [2.05, 4.69) is 26.1 Å². The molecule has 0 bridgehead atoms. The largest absolute Gasteiger partial charge is 0.493 e. The Morgan fingerprint density at radius 1 is 1.00 bits per heavy atom. The molecule has 0 aliphatic heterocycles. The van der Waals surface area contributed by atoms with Gasteiger partial charge in [0, 0.05) is 11.5 Å². The molecule has 7 nitrogen and oxygen atoms in total. The number of methoxy groups -OCH3 is 3. The van der Waals surface area contributed by atoms with Crippen molar-refractivity contribution in [3.63, 3.8) is 0 Å². The van der Waals surface area contributed by atoms with E-state index in [4.69, 9.17) is 19.3 Å². The van der Waals surface area contributed by atoms with Crippen molar-refractivity contribution >= 4 is 11.7 Å². The third-order valence-corrected chi connectivity index (χ3v) is 5.08. The Balaban J connectivity index is 1.92. The number of nitrogens with zero attached hydrogens (tertiary/aromatic N) is 2. The summed E-state index contributed by atoms with van der Waals surface area (Å²) >= 11 is 0. The van der Waals surface area contributed by atoms with Gasteiger partial charge in [-0.3, -0.25) is 4.79 Å². The van der Waals surface area contributed by atoms with E-state index >= 15 is 0 Å². The maximum absolute atomic E-state index is 13.0. The predicted molar refractivity (Wildman–Crippen MR) is 125 cm³/mol. The summed E-state index contributed by atoms with van der Waals surface area (Å²) in [6, 6.07) is 13.5. The number of hydrogen-bond donors (Lipinski definition) is 1. The standard InChI is InChI=1S/C25H31N3O4/c1-16-9-8-10-18(11-16)28-22(15-21(27-28)25(2,3)4)26-23(29)14-17-12-19(30-5)24(32-7)20(13-17)31-6/h8-13,15H,14H2,1-7H3,(H,26,29). The minimum Gasteiger partial charge on any atom is -0.493 e. The van der Waals surface area contributed by atoms with E-state index in [1.54, 1.807) is 38.1 Å². The molecule has 0 spiro atoms. The molecule has 0 atom stereocenters. The monoisotopic (exact) mass is 437 g/mol. The fraction of sp³-hybridized carbons (Fsp3) is 0.360. The molecule has 0 aliphatic rings. The molecule has 0 saturated carbocycles. The number of ether oxygens (including phenoxy) is 3. The maximum atomic E-state index is 13.0. The molecule has 2 aromatic carbocycles. The number of hydrogen-bond acceptors (Lipinski definition) is 5. The molecule has 0 saturated heterocycles. The predicted octanol–water partition coefficient (Wildman–Crippen LogP) is 4.69. The highest BCUT2D eigenvalue weighted by Gasteiger charge is 2.22. The van der Waals surface area contributed by atoms with Gasteiger partial charge in [0.25, 0.3) is 0 Å². The van der Waals surface area contributed by atoms with Gasteiger partial charge in [0.1, 0.15) is 5.82 Å². The van der Waals surface area contributed by atoms with E-state index in [0.29, 0.717) is 23.1 Å². The van der Waals surface area contributed by atoms with E-state index in [1.165, 1.54) is 0 Å². The third kappa shape index (κ3) is 5.04. The number of carbonyl (C=O) groups excluding carboxylic acids is 1. The van der Waals surface area contributed by atoms with Crippen LogP contribution in [0, 0.1) is 6.92 Å². The Labute approximate surface area is 189 Å². The summed E-state index contributed by atoms with van der Waals surface area (Å²) in [6.45, 7) is 8.31. The zero-order valence-electron chi connectivity index (χ0n) is 19.8. The van der Waals surface area contributed by atoms with Crippen LogP contribution in [-0.4, -0.2) is 37.0 Å². The molecular formula is C25H31N3O4. The van der Waals surface area contributed by atoms with Crippen LogP contribution in [0.4, 0.5) is 5.82 Å². The maximum Gasteiger partial charge on any atom is 0.229 e. The van der Waals surface area contributed by atoms with Crippen molar-refractivity contribution in [3.05, 3.63) is 59.3 Å². The van der Waals surface area contributed by atoms with Crippen LogP contribution in [-0.2, 0) is 16.6 Å². The van der Waals surface area contributed by atoms with Crippen LogP contribution < -0.4 is 19.5 Å². The molecule has 7 heteroatoms. The Morgan fingerprint density at radius 2 is 1.66 bits per heavy atom. The molecule has 170 valence electrons. The Hall–Kier alpha value is -3.48. The van der Waals surface area contributed by atoms with Gasteiger partial charge in [-0.2, -0.15) is 5.10 Å². The zero-order chi connectivity index (χ0) is 23.5. The molecule has 1 N–H and O–H groups in total. The summed E-state index contributed by atoms with van der Waals surface area (Å²) in [5.41, 5.74) is 3.48. The van der Waals surface area contributed by atoms with E-state index in [-0.39, 0.29) is 17.7 Å². The van der Waals surface area contributed by atoms with Crippen molar-refractivity contribution < 1.29 is 19.0 Å². The van der Waals surface area contributed by atoms with Gasteiger partial charge < -0.3 is 19.5 Å². The fourth-order valence-electron chi connectivity index (χ4n) is 3.40. The van der Waals surface area contributed by atoms with Gasteiger partial charge in [-0.1, -0.05) is 32.9 Å². The van der Waals surface area contributed by atoms with Crippen LogP contribution in [0.5, 0.6) is 17.2 Å². The summed E-state index contributed by atoms with van der Waals surface area (Å²) in [7, 11) is 4.65. The van der Waals surface area contributed by atoms with Crippen LogP contribution in [0.25, 0.3) is 5.69 Å². The number of anilines is 1. The van der Waals surface area contributed by atoms with Crippen molar-refractivity contribution in [2.24, 2.45) is 0 Å². The number of carbonyl (C=O) groups is 1. The lowest BCUT2D eigenvalue weighted by Gasteiger charge is -2.14. The van der Waals surface area contributed by atoms with E-state index in [1.807, 2.05) is 37.3 Å². The summed E-state index contributed by atoms with van der Waals surface area (Å²) in [4.78, 5) is 13.0. The second-order valence-corrected chi connectivity index (χ2v) is 8.67. The summed E-state index contributed by atoms with van der Waals surface area (Å²) < 4.78 is 17.9. The van der Waals surface area contributed by atoms with Crippen molar-refractivity contribution in [2.45, 2.75) is 39.5 Å². The van der Waals surface area contributed by atoms with Crippen LogP contribution in [0.1, 0.15) is 37.6 Å². The number of nitrogens with one attached hydrogen (secondary N) is 1. The molecule has 0 aliphatic carbocycles. The molecule has 3 rings (SSSR count). The quantitative estimate of drug-likeness (QED) is 0.581. The third-order valence-electron chi connectivity index (χ3n) is 5.08. The number of rotatable bonds is 7. The van der Waals surface area contributed by atoms with Gasteiger partial charge in [-0.25, -0.2) is 4.68 Å². The van der Waals surface area contributed by atoms with Crippen molar-refractivity contribution in [2.75, 3.05) is 26.6 Å². The van der Waals surface area contributed by atoms with Gasteiger partial charge in [0.2, 0.25) is 11.7 Å². The normalized spacial score (nSPS) is 11.2. The van der Waals surface area contributed by atoms with Gasteiger partial charge in [0.15, 0.2) is 11.5 Å².